The fraction of sp³-hybridized carbons (Fsp3) is 0.700. The van der Waals surface area contributed by atoms with Crippen molar-refractivity contribution in [1.82, 2.24) is 4.90 Å². The molecule has 1 fully saturated rings. The number of carbonyl (C=O) groups excluding carboxylic acids is 3. The van der Waals surface area contributed by atoms with Gasteiger partial charge in [-0.2, -0.15) is 0 Å². The highest BCUT2D eigenvalue weighted by atomic mass is 16.2. The summed E-state index contributed by atoms with van der Waals surface area (Å²) in [5.41, 5.74) is 5.62. The molecule has 0 aromatic heterocycles. The lowest BCUT2D eigenvalue weighted by Crippen LogP contribution is -2.53. The number of piperidine rings is 1. The summed E-state index contributed by atoms with van der Waals surface area (Å²) >= 11 is 0. The minimum atomic E-state index is -0.781. The zero-order valence-electron chi connectivity index (χ0n) is 9.03. The second-order valence-corrected chi connectivity index (χ2v) is 4.08. The number of likely N-dealkylation sites (tertiary alicyclic amines) is 1. The molecule has 0 aromatic rings. The van der Waals surface area contributed by atoms with E-state index in [1.165, 1.54) is 0 Å². The number of nitrogens with zero attached hydrogens (tertiary/aromatic N) is 1. The molecule has 1 aliphatic heterocycles. The first kappa shape index (κ1) is 11.8. The van der Waals surface area contributed by atoms with Gasteiger partial charge in [-0.25, -0.2) is 4.90 Å². The van der Waals surface area contributed by atoms with Gasteiger partial charge < -0.3 is 5.73 Å². The average molecular weight is 212 g/mol. The van der Waals surface area contributed by atoms with Crippen LogP contribution in [0, 0.1) is 5.92 Å². The smallest absolute Gasteiger partial charge is 0.253 e. The molecule has 2 N–H and O–H groups in total. The molecule has 0 bridgehead atoms. The summed E-state index contributed by atoms with van der Waals surface area (Å²) in [6.07, 6.45) is 1.03. The number of imide groups is 3. The van der Waals surface area contributed by atoms with Gasteiger partial charge in [0, 0.05) is 12.8 Å². The molecule has 1 saturated heterocycles. The van der Waals surface area contributed by atoms with E-state index < -0.39 is 23.8 Å². The molecule has 0 spiro atoms. The van der Waals surface area contributed by atoms with Crippen molar-refractivity contribution in [2.24, 2.45) is 11.7 Å². The molecular formula is C10H16N2O3. The number of nitrogens with two attached hydrogens (primary N) is 1. The van der Waals surface area contributed by atoms with Gasteiger partial charge in [-0.15, -0.1) is 0 Å². The summed E-state index contributed by atoms with van der Waals surface area (Å²) in [5, 5.41) is 0. The highest BCUT2D eigenvalue weighted by Crippen LogP contribution is 2.14. The lowest BCUT2D eigenvalue weighted by atomic mass is 10.0. The molecule has 84 valence electrons. The molecule has 1 aliphatic rings. The Bertz CT molecular complexity index is 283. The Morgan fingerprint density at radius 2 is 1.73 bits per heavy atom. The van der Waals surface area contributed by atoms with Crippen molar-refractivity contribution in [3.05, 3.63) is 0 Å². The van der Waals surface area contributed by atoms with Gasteiger partial charge in [-0.1, -0.05) is 13.8 Å². The minimum absolute atomic E-state index is 0.0833. The van der Waals surface area contributed by atoms with Crippen LogP contribution in [0.5, 0.6) is 0 Å². The quantitative estimate of drug-likeness (QED) is 0.655. The van der Waals surface area contributed by atoms with Crippen molar-refractivity contribution in [2.45, 2.75) is 39.2 Å². The third-order valence-corrected chi connectivity index (χ3v) is 2.50. The summed E-state index contributed by atoms with van der Waals surface area (Å²) in [4.78, 5) is 35.2. The maximum atomic E-state index is 11.7. The Morgan fingerprint density at radius 1 is 1.27 bits per heavy atom. The van der Waals surface area contributed by atoms with Crippen molar-refractivity contribution >= 4 is 17.7 Å². The van der Waals surface area contributed by atoms with Gasteiger partial charge in [0.2, 0.25) is 11.8 Å². The molecule has 0 saturated carbocycles. The fourth-order valence-corrected chi connectivity index (χ4v) is 1.43. The molecule has 1 atom stereocenters. The molecule has 1 heterocycles. The Kier molecular flexibility index (Phi) is 3.57. The molecule has 1 rings (SSSR count). The van der Waals surface area contributed by atoms with E-state index >= 15 is 0 Å². The lowest BCUT2D eigenvalue weighted by Gasteiger charge is -2.26. The zero-order chi connectivity index (χ0) is 11.6. The molecular weight excluding hydrogens is 196 g/mol. The van der Waals surface area contributed by atoms with E-state index in [1.54, 1.807) is 13.8 Å². The topological polar surface area (TPSA) is 80.5 Å². The van der Waals surface area contributed by atoms with Crippen molar-refractivity contribution in [1.29, 1.82) is 0 Å². The maximum absolute atomic E-state index is 11.7. The summed E-state index contributed by atoms with van der Waals surface area (Å²) < 4.78 is 0. The average Bonchev–Trinajstić information content (AvgIpc) is 2.15. The van der Waals surface area contributed by atoms with Crippen LogP contribution in [0.3, 0.4) is 0 Å². The largest absolute Gasteiger partial charge is 0.320 e. The van der Waals surface area contributed by atoms with Crippen LogP contribution < -0.4 is 5.73 Å². The van der Waals surface area contributed by atoms with Gasteiger partial charge in [0.25, 0.3) is 5.91 Å². The van der Waals surface area contributed by atoms with Crippen LogP contribution in [0.1, 0.15) is 33.1 Å². The highest BCUT2D eigenvalue weighted by molar-refractivity contribution is 6.13. The summed E-state index contributed by atoms with van der Waals surface area (Å²) in [5.74, 6) is -1.50. The third-order valence-electron chi connectivity index (χ3n) is 2.50. The Morgan fingerprint density at radius 3 is 2.13 bits per heavy atom. The van der Waals surface area contributed by atoms with Crippen LogP contribution in [0.25, 0.3) is 0 Å². The molecule has 0 aliphatic carbocycles. The van der Waals surface area contributed by atoms with Crippen LogP contribution in [0.4, 0.5) is 0 Å². The second kappa shape index (κ2) is 4.53. The number of hydrogen-bond acceptors (Lipinski definition) is 4. The maximum Gasteiger partial charge on any atom is 0.253 e. The van der Waals surface area contributed by atoms with Crippen molar-refractivity contribution in [3.8, 4) is 0 Å². The highest BCUT2D eigenvalue weighted by Gasteiger charge is 2.35. The zero-order valence-corrected chi connectivity index (χ0v) is 9.03. The van der Waals surface area contributed by atoms with Gasteiger partial charge in [0.05, 0.1) is 6.04 Å². The summed E-state index contributed by atoms with van der Waals surface area (Å²) in [7, 11) is 0. The number of rotatable bonds is 2. The van der Waals surface area contributed by atoms with Crippen LogP contribution in [0.15, 0.2) is 0 Å². The van der Waals surface area contributed by atoms with Crippen LogP contribution in [-0.4, -0.2) is 28.7 Å². The predicted molar refractivity (Wildman–Crippen MR) is 53.5 cm³/mol. The minimum Gasteiger partial charge on any atom is -0.320 e. The Labute approximate surface area is 88.6 Å². The first-order chi connectivity index (χ1) is 6.95. The molecule has 0 unspecified atom stereocenters. The monoisotopic (exact) mass is 212 g/mol. The second-order valence-electron chi connectivity index (χ2n) is 4.08. The Balaban J connectivity index is 2.80. The lowest BCUT2D eigenvalue weighted by molar-refractivity contribution is -0.157. The number of amides is 3. The van der Waals surface area contributed by atoms with Gasteiger partial charge in [0.1, 0.15) is 0 Å². The van der Waals surface area contributed by atoms with E-state index in [1.807, 2.05) is 0 Å². The van der Waals surface area contributed by atoms with E-state index in [0.29, 0.717) is 11.3 Å². The Hall–Kier alpha value is -1.23. The van der Waals surface area contributed by atoms with Crippen LogP contribution in [-0.2, 0) is 14.4 Å². The molecule has 15 heavy (non-hydrogen) atoms. The van der Waals surface area contributed by atoms with Gasteiger partial charge >= 0.3 is 0 Å². The standard InChI is InChI=1S/C10H16N2O3/c1-6(2)9(11)10(15)12-7(13)4-3-5-8(12)14/h6,9H,3-5,11H2,1-2H3/t9-/m0/s1. The molecule has 5 heteroatoms. The van der Waals surface area contributed by atoms with Gasteiger partial charge in [0.15, 0.2) is 0 Å². The van der Waals surface area contributed by atoms with Gasteiger partial charge in [-0.3, -0.25) is 14.4 Å². The first-order valence-electron chi connectivity index (χ1n) is 5.10. The van der Waals surface area contributed by atoms with Crippen LogP contribution in [0.2, 0.25) is 0 Å². The van der Waals surface area contributed by atoms with E-state index in [-0.39, 0.29) is 18.8 Å². The first-order valence-corrected chi connectivity index (χ1v) is 5.10. The van der Waals surface area contributed by atoms with Crippen LogP contribution >= 0.6 is 0 Å². The summed E-state index contributed by atoms with van der Waals surface area (Å²) in [6, 6.07) is -0.781. The van der Waals surface area contributed by atoms with E-state index in [9.17, 15) is 14.4 Å². The van der Waals surface area contributed by atoms with Gasteiger partial charge in [-0.05, 0) is 12.3 Å². The molecule has 0 radical (unpaired) electrons. The van der Waals surface area contributed by atoms with Crippen molar-refractivity contribution in [3.63, 3.8) is 0 Å². The van der Waals surface area contributed by atoms with E-state index in [2.05, 4.69) is 0 Å². The molecule has 5 nitrogen and oxygen atoms in total. The molecule has 0 aromatic carbocycles. The fourth-order valence-electron chi connectivity index (χ4n) is 1.43. The van der Waals surface area contributed by atoms with Crippen molar-refractivity contribution < 1.29 is 14.4 Å². The number of hydrogen-bond donors (Lipinski definition) is 1. The predicted octanol–water partition coefficient (Wildman–Crippen LogP) is 0.0354. The number of carbonyl (C=O) groups is 3. The summed E-state index contributed by atoms with van der Waals surface area (Å²) in [6.45, 7) is 3.56. The van der Waals surface area contributed by atoms with Crippen molar-refractivity contribution in [2.75, 3.05) is 0 Å². The van der Waals surface area contributed by atoms with E-state index in [0.717, 1.165) is 0 Å². The SMILES string of the molecule is CC(C)[C@H](N)C(=O)N1C(=O)CCCC1=O. The van der Waals surface area contributed by atoms with E-state index in [4.69, 9.17) is 5.73 Å². The third kappa shape index (κ3) is 2.41. The molecule has 3 amide bonds. The normalized spacial score (nSPS) is 19.6.